The Balaban J connectivity index is 2.49. The molecule has 2 N–H and O–H groups in total. The van der Waals surface area contributed by atoms with Crippen molar-refractivity contribution in [3.63, 3.8) is 0 Å². The van der Waals surface area contributed by atoms with Crippen LogP contribution in [0.1, 0.15) is 32.4 Å². The third kappa shape index (κ3) is 2.95. The summed E-state index contributed by atoms with van der Waals surface area (Å²) in [4.78, 5) is 0. The lowest BCUT2D eigenvalue weighted by molar-refractivity contribution is 0.138. The van der Waals surface area contributed by atoms with Gasteiger partial charge in [0.2, 0.25) is 0 Å². The van der Waals surface area contributed by atoms with Crippen LogP contribution in [0.3, 0.4) is 0 Å². The highest BCUT2D eigenvalue weighted by atomic mass is 127. The van der Waals surface area contributed by atoms with Crippen molar-refractivity contribution in [2.24, 2.45) is 0 Å². The molecule has 4 heteroatoms. The van der Waals surface area contributed by atoms with E-state index in [0.29, 0.717) is 0 Å². The molecule has 0 saturated heterocycles. The molecule has 2 atom stereocenters. The maximum Gasteiger partial charge on any atom is 0.0960 e. The van der Waals surface area contributed by atoms with Crippen molar-refractivity contribution in [1.29, 1.82) is 0 Å². The van der Waals surface area contributed by atoms with Gasteiger partial charge in [-0.2, -0.15) is 0 Å². The summed E-state index contributed by atoms with van der Waals surface area (Å²) in [6.07, 6.45) is 1.61. The fraction of sp³-hybridized carbons (Fsp3) is 0.467. The lowest BCUT2D eigenvalue weighted by Crippen LogP contribution is -2.31. The second-order valence-electron chi connectivity index (χ2n) is 4.82. The monoisotopic (exact) mass is 372 g/mol. The van der Waals surface area contributed by atoms with Crippen LogP contribution < -0.4 is 5.32 Å². The fourth-order valence-electron chi connectivity index (χ4n) is 2.49. The molecular weight excluding hydrogens is 351 g/mol. The normalized spacial score (nSPS) is 14.8. The molecule has 0 bridgehead atoms. The zero-order chi connectivity index (χ0) is 14.0. The van der Waals surface area contributed by atoms with Gasteiger partial charge in [-0.25, -0.2) is 0 Å². The summed E-state index contributed by atoms with van der Waals surface area (Å²) in [6.45, 7) is 7.99. The SMILES string of the molecule is CCNC(C)C(O)c1cn(CC)c2cc(I)ccc12. The van der Waals surface area contributed by atoms with Gasteiger partial charge < -0.3 is 15.0 Å². The van der Waals surface area contributed by atoms with E-state index in [9.17, 15) is 5.11 Å². The number of hydrogen-bond donors (Lipinski definition) is 2. The van der Waals surface area contributed by atoms with Crippen LogP contribution in [0, 0.1) is 3.57 Å². The van der Waals surface area contributed by atoms with Gasteiger partial charge in [0.25, 0.3) is 0 Å². The molecule has 0 aliphatic heterocycles. The van der Waals surface area contributed by atoms with Crippen LogP contribution in [0.15, 0.2) is 24.4 Å². The predicted octanol–water partition coefficient (Wildman–Crippen LogP) is 3.30. The van der Waals surface area contributed by atoms with Crippen molar-refractivity contribution in [2.45, 2.75) is 39.5 Å². The predicted molar refractivity (Wildman–Crippen MR) is 88.4 cm³/mol. The Morgan fingerprint density at radius 2 is 2.11 bits per heavy atom. The van der Waals surface area contributed by atoms with Crippen LogP contribution in [0.4, 0.5) is 0 Å². The molecule has 3 nitrogen and oxygen atoms in total. The first-order chi connectivity index (χ1) is 9.08. The summed E-state index contributed by atoms with van der Waals surface area (Å²) in [5.74, 6) is 0. The minimum atomic E-state index is -0.477. The van der Waals surface area contributed by atoms with E-state index < -0.39 is 6.10 Å². The summed E-state index contributed by atoms with van der Waals surface area (Å²) in [5, 5.41) is 15.0. The summed E-state index contributed by atoms with van der Waals surface area (Å²) >= 11 is 2.33. The van der Waals surface area contributed by atoms with Crippen LogP contribution in [0.2, 0.25) is 0 Å². The first kappa shape index (κ1) is 14.8. The number of aromatic nitrogens is 1. The van der Waals surface area contributed by atoms with E-state index in [1.54, 1.807) is 0 Å². The van der Waals surface area contributed by atoms with Gasteiger partial charge in [0.05, 0.1) is 6.10 Å². The summed E-state index contributed by atoms with van der Waals surface area (Å²) in [6, 6.07) is 6.44. The van der Waals surface area contributed by atoms with Gasteiger partial charge in [0, 0.05) is 38.8 Å². The van der Waals surface area contributed by atoms with E-state index in [1.165, 1.54) is 9.09 Å². The highest BCUT2D eigenvalue weighted by molar-refractivity contribution is 14.1. The van der Waals surface area contributed by atoms with Crippen molar-refractivity contribution >= 4 is 33.5 Å². The molecule has 2 aromatic rings. The van der Waals surface area contributed by atoms with Crippen molar-refractivity contribution in [1.82, 2.24) is 9.88 Å². The molecule has 104 valence electrons. The van der Waals surface area contributed by atoms with Crippen molar-refractivity contribution in [3.8, 4) is 0 Å². The molecule has 2 rings (SSSR count). The molecule has 0 aliphatic carbocycles. The Bertz CT molecular complexity index is 565. The number of nitrogens with zero attached hydrogens (tertiary/aromatic N) is 1. The lowest BCUT2D eigenvalue weighted by Gasteiger charge is -2.19. The molecule has 0 amide bonds. The van der Waals surface area contributed by atoms with Crippen LogP contribution in [0.25, 0.3) is 10.9 Å². The topological polar surface area (TPSA) is 37.2 Å². The second kappa shape index (κ2) is 6.24. The van der Waals surface area contributed by atoms with Crippen molar-refractivity contribution in [3.05, 3.63) is 33.5 Å². The zero-order valence-corrected chi connectivity index (χ0v) is 13.8. The van der Waals surface area contributed by atoms with Gasteiger partial charge in [-0.1, -0.05) is 13.0 Å². The molecule has 1 aromatic carbocycles. The smallest absolute Gasteiger partial charge is 0.0960 e. The highest BCUT2D eigenvalue weighted by Gasteiger charge is 2.20. The number of halogens is 1. The number of aliphatic hydroxyl groups excluding tert-OH is 1. The van der Waals surface area contributed by atoms with Gasteiger partial charge in [0.15, 0.2) is 0 Å². The molecule has 19 heavy (non-hydrogen) atoms. The number of nitrogens with one attached hydrogen (secondary N) is 1. The zero-order valence-electron chi connectivity index (χ0n) is 11.7. The van der Waals surface area contributed by atoms with E-state index in [1.807, 2.05) is 6.92 Å². The van der Waals surface area contributed by atoms with Crippen LogP contribution >= 0.6 is 22.6 Å². The number of likely N-dealkylation sites (N-methyl/N-ethyl adjacent to an activating group) is 1. The largest absolute Gasteiger partial charge is 0.387 e. The molecule has 0 spiro atoms. The molecule has 1 heterocycles. The summed E-state index contributed by atoms with van der Waals surface area (Å²) in [7, 11) is 0. The van der Waals surface area contributed by atoms with Gasteiger partial charge in [-0.15, -0.1) is 0 Å². The minimum Gasteiger partial charge on any atom is -0.387 e. The average molecular weight is 372 g/mol. The first-order valence-corrected chi connectivity index (χ1v) is 7.86. The van der Waals surface area contributed by atoms with Crippen LogP contribution in [-0.2, 0) is 6.54 Å². The Morgan fingerprint density at radius 3 is 2.74 bits per heavy atom. The average Bonchev–Trinajstić information content (AvgIpc) is 2.76. The number of benzene rings is 1. The van der Waals surface area contributed by atoms with E-state index in [2.05, 4.69) is 70.7 Å². The molecule has 0 fully saturated rings. The second-order valence-corrected chi connectivity index (χ2v) is 6.07. The fourth-order valence-corrected chi connectivity index (χ4v) is 2.97. The number of fused-ring (bicyclic) bond motifs is 1. The number of hydrogen-bond acceptors (Lipinski definition) is 2. The van der Waals surface area contributed by atoms with E-state index in [0.717, 1.165) is 24.0 Å². The van der Waals surface area contributed by atoms with Crippen molar-refractivity contribution in [2.75, 3.05) is 6.54 Å². The number of aliphatic hydroxyl groups is 1. The Morgan fingerprint density at radius 1 is 1.37 bits per heavy atom. The Labute approximate surface area is 128 Å². The Kier molecular flexibility index (Phi) is 4.86. The number of aryl methyl sites for hydroxylation is 1. The van der Waals surface area contributed by atoms with Gasteiger partial charge >= 0.3 is 0 Å². The van der Waals surface area contributed by atoms with Crippen LogP contribution in [0.5, 0.6) is 0 Å². The highest BCUT2D eigenvalue weighted by Crippen LogP contribution is 2.29. The van der Waals surface area contributed by atoms with Gasteiger partial charge in [0.1, 0.15) is 0 Å². The van der Waals surface area contributed by atoms with E-state index in [-0.39, 0.29) is 6.04 Å². The minimum absolute atomic E-state index is 0.0557. The first-order valence-electron chi connectivity index (χ1n) is 6.78. The molecule has 0 radical (unpaired) electrons. The third-order valence-electron chi connectivity index (χ3n) is 3.53. The van der Waals surface area contributed by atoms with Gasteiger partial charge in [-0.3, -0.25) is 0 Å². The van der Waals surface area contributed by atoms with Crippen molar-refractivity contribution < 1.29 is 5.11 Å². The van der Waals surface area contributed by atoms with E-state index in [4.69, 9.17) is 0 Å². The quantitative estimate of drug-likeness (QED) is 0.791. The molecule has 0 saturated carbocycles. The molecule has 1 aromatic heterocycles. The standard InChI is InChI=1S/C15H21IN2O/c1-4-17-10(3)15(19)13-9-18(5-2)14-8-11(16)6-7-12(13)14/h6-10,15,17,19H,4-5H2,1-3H3. The lowest BCUT2D eigenvalue weighted by atomic mass is 10.0. The molecule has 2 unspecified atom stereocenters. The maximum absolute atomic E-state index is 10.5. The summed E-state index contributed by atoms with van der Waals surface area (Å²) in [5.41, 5.74) is 2.22. The summed E-state index contributed by atoms with van der Waals surface area (Å²) < 4.78 is 3.42. The van der Waals surface area contributed by atoms with Crippen LogP contribution in [-0.4, -0.2) is 22.3 Å². The molecular formula is C15H21IN2O. The van der Waals surface area contributed by atoms with E-state index >= 15 is 0 Å². The molecule has 0 aliphatic rings. The van der Waals surface area contributed by atoms with Gasteiger partial charge in [-0.05, 0) is 55.1 Å². The maximum atomic E-state index is 10.5. The Hall–Kier alpha value is -0.590. The third-order valence-corrected chi connectivity index (χ3v) is 4.21. The number of rotatable bonds is 5.